The van der Waals surface area contributed by atoms with Crippen molar-refractivity contribution < 1.29 is 85.2 Å². The van der Waals surface area contributed by atoms with Gasteiger partial charge in [0.05, 0.1) is 5.56 Å². The molecule has 28 heavy (non-hydrogen) atoms. The molecule has 0 N–H and O–H groups in total. The van der Waals surface area contributed by atoms with E-state index in [1.54, 1.807) is 0 Å². The molecule has 3 nitrogen and oxygen atoms in total. The first-order valence-corrected chi connectivity index (χ1v) is 9.50. The van der Waals surface area contributed by atoms with Crippen molar-refractivity contribution in [3.63, 3.8) is 0 Å². The van der Waals surface area contributed by atoms with Gasteiger partial charge in [-0.05, 0) is 26.8 Å². The molecule has 0 radical (unpaired) electrons. The Bertz CT molecular complexity index is 798. The summed E-state index contributed by atoms with van der Waals surface area (Å²) < 4.78 is 176. The minimum atomic E-state index is -7.44. The monoisotopic (exact) mass is 571 g/mol. The summed E-state index contributed by atoms with van der Waals surface area (Å²) in [6.07, 6.45) is -12.1. The van der Waals surface area contributed by atoms with Crippen LogP contribution < -0.4 is 21.6 Å². The van der Waals surface area contributed by atoms with E-state index in [9.17, 15) is 61.1 Å². The molecule has 1 rings (SSSR count). The number of benzene rings is 1. The summed E-state index contributed by atoms with van der Waals surface area (Å²) in [5, 5.41) is -7.01. The first-order valence-electron chi connectivity index (χ1n) is 6.14. The zero-order valence-corrected chi connectivity index (χ0v) is 15.3. The van der Waals surface area contributed by atoms with Crippen LogP contribution in [0.3, 0.4) is 0 Å². The van der Waals surface area contributed by atoms with Gasteiger partial charge in [-0.3, -0.25) is 0 Å². The van der Waals surface area contributed by atoms with Crippen LogP contribution in [0.15, 0.2) is 24.3 Å². The van der Waals surface area contributed by atoms with Crippen LogP contribution in [0.4, 0.5) is 52.7 Å². The molecule has 0 saturated heterocycles. The van der Waals surface area contributed by atoms with Gasteiger partial charge in [0.1, 0.15) is 0 Å². The number of rotatable bonds is 6. The maximum atomic E-state index is 13.4. The van der Waals surface area contributed by atoms with Gasteiger partial charge in [-0.2, -0.15) is 61.1 Å². The molecular weight excluding hydrogens is 567 g/mol. The fourth-order valence-electron chi connectivity index (χ4n) is 1.33. The SMILES string of the molecule is O=S(=O)(O[I+]c1ccc(C(F)(F)F)cc1)C(F)(F)C(F)(F)C(F)(F)C(F)(F)F. The zero-order chi connectivity index (χ0) is 22.4. The van der Waals surface area contributed by atoms with Gasteiger partial charge in [0.15, 0.2) is 0 Å². The van der Waals surface area contributed by atoms with Gasteiger partial charge in [-0.15, -0.1) is 0 Å². The van der Waals surface area contributed by atoms with Gasteiger partial charge in [0.25, 0.3) is 0 Å². The van der Waals surface area contributed by atoms with E-state index < -0.39 is 70.3 Å². The Kier molecular flexibility index (Phi) is 6.59. The van der Waals surface area contributed by atoms with E-state index in [1.807, 2.05) is 0 Å². The molecule has 0 saturated carbocycles. The second-order valence-corrected chi connectivity index (χ2v) is 9.07. The molecule has 0 amide bonds. The van der Waals surface area contributed by atoms with E-state index in [0.29, 0.717) is 24.3 Å². The highest BCUT2D eigenvalue weighted by Gasteiger charge is 2.86. The van der Waals surface area contributed by atoms with E-state index in [2.05, 4.69) is 2.51 Å². The predicted molar refractivity (Wildman–Crippen MR) is 61.0 cm³/mol. The second kappa shape index (κ2) is 7.37. The van der Waals surface area contributed by atoms with Gasteiger partial charge in [-0.1, -0.05) is 0 Å². The minimum Gasteiger partial charge on any atom is -0.191 e. The molecule has 0 aliphatic carbocycles. The molecule has 0 fully saturated rings. The van der Waals surface area contributed by atoms with Gasteiger partial charge < -0.3 is 0 Å². The number of halogens is 13. The summed E-state index contributed by atoms with van der Waals surface area (Å²) >= 11 is -2.79. The van der Waals surface area contributed by atoms with Crippen molar-refractivity contribution in [1.82, 2.24) is 0 Å². The maximum Gasteiger partial charge on any atom is 0.540 e. The molecule has 0 unspecified atom stereocenters. The average Bonchev–Trinajstić information content (AvgIpc) is 2.51. The molecule has 0 heterocycles. The van der Waals surface area contributed by atoms with Crippen LogP contribution in [0.5, 0.6) is 0 Å². The third kappa shape index (κ3) is 4.44. The Morgan fingerprint density at radius 1 is 0.714 bits per heavy atom. The van der Waals surface area contributed by atoms with Crippen LogP contribution in [0.2, 0.25) is 0 Å². The van der Waals surface area contributed by atoms with Gasteiger partial charge >= 0.3 is 61.2 Å². The van der Waals surface area contributed by atoms with E-state index >= 15 is 0 Å². The lowest BCUT2D eigenvalue weighted by molar-refractivity contribution is -0.838. The molecule has 0 bridgehead atoms. The van der Waals surface area contributed by atoms with Crippen LogP contribution >= 0.6 is 0 Å². The quantitative estimate of drug-likeness (QED) is 0.386. The van der Waals surface area contributed by atoms with Crippen LogP contribution in [0.1, 0.15) is 5.56 Å². The molecule has 0 aromatic heterocycles. The minimum absolute atomic E-state index is 0.343. The fraction of sp³-hybridized carbons (Fsp3) is 0.455. The summed E-state index contributed by atoms with van der Waals surface area (Å²) in [4.78, 5) is 0. The van der Waals surface area contributed by atoms with Gasteiger partial charge in [0.2, 0.25) is 3.57 Å². The first-order chi connectivity index (χ1) is 12.2. The summed E-state index contributed by atoms with van der Waals surface area (Å²) in [6, 6.07) is 1.73. The highest BCUT2D eigenvalue weighted by Crippen LogP contribution is 2.54. The van der Waals surface area contributed by atoms with E-state index in [4.69, 9.17) is 0 Å². The Balaban J connectivity index is 3.11. The molecular formula is C11H4F12IO3S+. The fourth-order valence-corrected chi connectivity index (χ4v) is 4.67. The molecule has 17 heteroatoms. The van der Waals surface area contributed by atoms with Crippen LogP contribution in [-0.4, -0.2) is 31.7 Å². The van der Waals surface area contributed by atoms with Gasteiger partial charge in [0, 0.05) is 0 Å². The van der Waals surface area contributed by atoms with Crippen molar-refractivity contribution in [2.75, 3.05) is 0 Å². The third-order valence-corrected chi connectivity index (χ3v) is 7.11. The van der Waals surface area contributed by atoms with Crippen LogP contribution in [-0.2, 0) is 18.8 Å². The normalized spacial score (nSPS) is 15.0. The Morgan fingerprint density at radius 3 is 1.50 bits per heavy atom. The van der Waals surface area contributed by atoms with E-state index in [1.165, 1.54) is 0 Å². The highest BCUT2D eigenvalue weighted by atomic mass is 127. The van der Waals surface area contributed by atoms with Crippen molar-refractivity contribution in [1.29, 1.82) is 0 Å². The lowest BCUT2D eigenvalue weighted by Gasteiger charge is -2.31. The Hall–Kier alpha value is -0.980. The Morgan fingerprint density at radius 2 is 1.14 bits per heavy atom. The number of hydrogen-bond acceptors (Lipinski definition) is 3. The molecule has 0 atom stereocenters. The molecule has 1 aromatic carbocycles. The number of alkyl halides is 12. The van der Waals surface area contributed by atoms with Crippen molar-refractivity contribution >= 4 is 10.1 Å². The van der Waals surface area contributed by atoms with Crippen molar-refractivity contribution in [2.45, 2.75) is 29.5 Å². The topological polar surface area (TPSA) is 43.4 Å². The predicted octanol–water partition coefficient (Wildman–Crippen LogP) is 1.65. The number of hydrogen-bond donors (Lipinski definition) is 0. The van der Waals surface area contributed by atoms with E-state index in [-0.39, 0.29) is 0 Å². The summed E-state index contributed by atoms with van der Waals surface area (Å²) in [7, 11) is -7.03. The van der Waals surface area contributed by atoms with E-state index in [0.717, 1.165) is 0 Å². The second-order valence-electron chi connectivity index (χ2n) is 4.76. The lowest BCUT2D eigenvalue weighted by Crippen LogP contribution is -3.62. The Labute approximate surface area is 158 Å². The van der Waals surface area contributed by atoms with Gasteiger partial charge in [-0.25, -0.2) is 0 Å². The summed E-state index contributed by atoms with van der Waals surface area (Å²) in [6.45, 7) is 0. The zero-order valence-electron chi connectivity index (χ0n) is 12.4. The first kappa shape index (κ1) is 25.1. The molecule has 1 aromatic rings. The lowest BCUT2D eigenvalue weighted by atomic mass is 10.1. The summed E-state index contributed by atoms with van der Waals surface area (Å²) in [5.41, 5.74) is -1.26. The highest BCUT2D eigenvalue weighted by molar-refractivity contribution is 7.87. The van der Waals surface area contributed by atoms with Crippen LogP contribution in [0, 0.1) is 3.57 Å². The summed E-state index contributed by atoms with van der Waals surface area (Å²) in [5.74, 6) is -14.9. The smallest absolute Gasteiger partial charge is 0.191 e. The molecule has 0 aliphatic heterocycles. The van der Waals surface area contributed by atoms with Crippen LogP contribution in [0.25, 0.3) is 0 Å². The third-order valence-electron chi connectivity index (χ3n) is 2.80. The molecule has 0 aliphatic rings. The van der Waals surface area contributed by atoms with Crippen molar-refractivity contribution in [3.8, 4) is 0 Å². The van der Waals surface area contributed by atoms with Crippen molar-refractivity contribution in [2.24, 2.45) is 0 Å². The maximum absolute atomic E-state index is 13.4. The average molecular weight is 571 g/mol. The largest absolute Gasteiger partial charge is 0.540 e. The standard InChI is InChI=1S/C11H4F12IO3S/c12-7(13,14)5-1-3-6(4-2-5)24-27-28(25,26)11(22,23)9(17,18)8(15,16)10(19,20)21/h1-4H/q+1. The van der Waals surface area contributed by atoms with Crippen molar-refractivity contribution in [3.05, 3.63) is 33.4 Å². The molecule has 162 valence electrons. The molecule has 0 spiro atoms.